The molecule has 0 aromatic heterocycles. The standard InChI is InChI=1S/C14H22O.C10H15O.C4H8O/c1-5-12(10-15)7-9-13-8-6-11(2)14(13,3)4;1-8-4-5-9(6-7-11)10(8,2)3;1-2-3-4-5/h6-7,10,13H,5,8-9H2,1-4H3;4,9H,5-6H2,1-3H3;4H,2-3H2,1H3/q;+1;/b12-7+;;. The lowest BCUT2D eigenvalue weighted by atomic mass is 9.76. The number of unbranched alkanes of at least 4 members (excludes halogenated alkanes) is 1. The average molecular weight is 430 g/mol. The number of carbonyl (C=O) groups excluding carboxylic acids is 3. The molecule has 0 spiro atoms. The lowest BCUT2D eigenvalue weighted by Crippen LogP contribution is -2.20. The van der Waals surface area contributed by atoms with Crippen LogP contribution in [0.3, 0.4) is 0 Å². The molecular formula is C28H45O3+. The lowest BCUT2D eigenvalue weighted by molar-refractivity contribution is -0.108. The molecule has 0 aromatic rings. The maximum absolute atomic E-state index is 10.7. The zero-order valence-corrected chi connectivity index (χ0v) is 21.2. The summed E-state index contributed by atoms with van der Waals surface area (Å²) in [5, 5.41) is 0. The summed E-state index contributed by atoms with van der Waals surface area (Å²) >= 11 is 0. The van der Waals surface area contributed by atoms with Gasteiger partial charge in [-0.05, 0) is 68.3 Å². The van der Waals surface area contributed by atoms with Crippen molar-refractivity contribution in [2.45, 2.75) is 100 Å². The van der Waals surface area contributed by atoms with Gasteiger partial charge in [0.05, 0.1) is 0 Å². The molecule has 0 saturated heterocycles. The fourth-order valence-corrected chi connectivity index (χ4v) is 3.91. The highest BCUT2D eigenvalue weighted by atomic mass is 16.1. The normalized spacial score (nSPS) is 23.3. The minimum atomic E-state index is 0.220. The fraction of sp³-hybridized carbons (Fsp3) is 0.679. The first-order valence-electron chi connectivity index (χ1n) is 11.8. The Labute approximate surface area is 191 Å². The minimum Gasteiger partial charge on any atom is -0.303 e. The SMILES string of the molecule is CC/C(C=O)=C\CC1CC=C(C)C1(C)C.CC1=CCC(C[C+]=O)C1(C)C.CCCC=O. The third-order valence-corrected chi connectivity index (χ3v) is 7.45. The van der Waals surface area contributed by atoms with Gasteiger partial charge in [-0.1, -0.05) is 70.9 Å². The van der Waals surface area contributed by atoms with Crippen LogP contribution in [0, 0.1) is 22.7 Å². The van der Waals surface area contributed by atoms with E-state index in [1.165, 1.54) is 11.1 Å². The third kappa shape index (κ3) is 9.03. The number of hydrogen-bond acceptors (Lipinski definition) is 3. The molecule has 3 heteroatoms. The Hall–Kier alpha value is -1.86. The van der Waals surface area contributed by atoms with Gasteiger partial charge >= 0.3 is 6.29 Å². The van der Waals surface area contributed by atoms with E-state index in [1.54, 1.807) is 0 Å². The van der Waals surface area contributed by atoms with E-state index in [4.69, 9.17) is 0 Å². The Morgan fingerprint density at radius 2 is 1.52 bits per heavy atom. The first-order valence-corrected chi connectivity index (χ1v) is 11.8. The van der Waals surface area contributed by atoms with Crippen molar-refractivity contribution in [1.82, 2.24) is 0 Å². The van der Waals surface area contributed by atoms with Gasteiger partial charge in [0.1, 0.15) is 12.6 Å². The Kier molecular flexibility index (Phi) is 13.4. The van der Waals surface area contributed by atoms with Gasteiger partial charge < -0.3 is 4.79 Å². The van der Waals surface area contributed by atoms with E-state index in [-0.39, 0.29) is 5.41 Å². The molecule has 2 atom stereocenters. The molecule has 2 aliphatic carbocycles. The molecule has 2 rings (SSSR count). The molecule has 2 unspecified atom stereocenters. The maximum Gasteiger partial charge on any atom is 0.506 e. The van der Waals surface area contributed by atoms with Gasteiger partial charge in [0.15, 0.2) is 0 Å². The summed E-state index contributed by atoms with van der Waals surface area (Å²) in [6.45, 7) is 17.4. The van der Waals surface area contributed by atoms with Gasteiger partial charge in [-0.15, -0.1) is 0 Å². The first-order chi connectivity index (χ1) is 14.5. The molecular weight excluding hydrogens is 384 g/mol. The molecule has 0 heterocycles. The average Bonchev–Trinajstić information content (AvgIpc) is 3.13. The van der Waals surface area contributed by atoms with Gasteiger partial charge in [0.2, 0.25) is 6.42 Å². The zero-order valence-electron chi connectivity index (χ0n) is 21.2. The van der Waals surface area contributed by atoms with Crippen molar-refractivity contribution >= 4 is 18.9 Å². The molecule has 0 bridgehead atoms. The van der Waals surface area contributed by atoms with Crippen LogP contribution in [-0.4, -0.2) is 18.9 Å². The quantitative estimate of drug-likeness (QED) is 0.175. The summed E-state index contributed by atoms with van der Waals surface area (Å²) in [5.74, 6) is 1.15. The molecule has 2 aliphatic rings. The largest absolute Gasteiger partial charge is 0.506 e. The predicted octanol–water partition coefficient (Wildman–Crippen LogP) is 7.37. The van der Waals surface area contributed by atoms with Crippen LogP contribution in [0.1, 0.15) is 100 Å². The van der Waals surface area contributed by atoms with Gasteiger partial charge in [-0.3, -0.25) is 4.79 Å². The number of carbonyl (C=O) groups is 2. The van der Waals surface area contributed by atoms with Crippen LogP contribution in [0.2, 0.25) is 0 Å². The fourth-order valence-electron chi connectivity index (χ4n) is 3.91. The summed E-state index contributed by atoms with van der Waals surface area (Å²) in [5.41, 5.74) is 4.37. The summed E-state index contributed by atoms with van der Waals surface area (Å²) in [7, 11) is 0. The molecule has 0 aliphatic heterocycles. The molecule has 0 radical (unpaired) electrons. The molecule has 31 heavy (non-hydrogen) atoms. The van der Waals surface area contributed by atoms with E-state index >= 15 is 0 Å². The molecule has 0 aromatic carbocycles. The topological polar surface area (TPSA) is 51.2 Å². The second kappa shape index (κ2) is 14.2. The van der Waals surface area contributed by atoms with E-state index in [9.17, 15) is 14.4 Å². The van der Waals surface area contributed by atoms with Crippen LogP contribution in [-0.2, 0) is 14.4 Å². The Morgan fingerprint density at radius 1 is 1.00 bits per heavy atom. The zero-order chi connectivity index (χ0) is 24.1. The van der Waals surface area contributed by atoms with E-state index in [2.05, 4.69) is 59.8 Å². The Morgan fingerprint density at radius 3 is 1.81 bits per heavy atom. The Balaban J connectivity index is 0.000000492. The van der Waals surface area contributed by atoms with Crippen LogP contribution < -0.4 is 0 Å². The third-order valence-electron chi connectivity index (χ3n) is 7.45. The number of hydrogen-bond donors (Lipinski definition) is 0. The molecule has 0 amide bonds. The van der Waals surface area contributed by atoms with Crippen molar-refractivity contribution < 1.29 is 14.4 Å². The highest BCUT2D eigenvalue weighted by molar-refractivity contribution is 5.72. The second-order valence-corrected chi connectivity index (χ2v) is 9.87. The second-order valence-electron chi connectivity index (χ2n) is 9.87. The van der Waals surface area contributed by atoms with E-state index in [0.29, 0.717) is 30.1 Å². The van der Waals surface area contributed by atoms with E-state index < -0.39 is 0 Å². The number of rotatable bonds is 8. The number of aldehydes is 2. The lowest BCUT2D eigenvalue weighted by Gasteiger charge is -2.29. The maximum atomic E-state index is 10.7. The van der Waals surface area contributed by atoms with Crippen LogP contribution in [0.15, 0.2) is 34.9 Å². The van der Waals surface area contributed by atoms with Crippen molar-refractivity contribution in [3.05, 3.63) is 34.9 Å². The summed E-state index contributed by atoms with van der Waals surface area (Å²) in [6.07, 6.45) is 17.0. The van der Waals surface area contributed by atoms with Crippen LogP contribution in [0.5, 0.6) is 0 Å². The van der Waals surface area contributed by atoms with Crippen molar-refractivity contribution in [2.75, 3.05) is 0 Å². The first kappa shape index (κ1) is 29.1. The van der Waals surface area contributed by atoms with Crippen LogP contribution in [0.4, 0.5) is 0 Å². The van der Waals surface area contributed by atoms with Gasteiger partial charge in [0.25, 0.3) is 0 Å². The molecule has 3 nitrogen and oxygen atoms in total. The van der Waals surface area contributed by atoms with Crippen LogP contribution >= 0.6 is 0 Å². The summed E-state index contributed by atoms with van der Waals surface area (Å²) in [6, 6.07) is 0. The van der Waals surface area contributed by atoms with Crippen molar-refractivity contribution in [2.24, 2.45) is 22.7 Å². The summed E-state index contributed by atoms with van der Waals surface area (Å²) < 4.78 is 0. The molecule has 174 valence electrons. The van der Waals surface area contributed by atoms with E-state index in [0.717, 1.165) is 50.2 Å². The molecule has 0 N–H and O–H groups in total. The van der Waals surface area contributed by atoms with E-state index in [1.807, 2.05) is 20.1 Å². The number of allylic oxidation sites excluding steroid dienone is 6. The van der Waals surface area contributed by atoms with Gasteiger partial charge in [0, 0.05) is 17.1 Å². The molecule has 0 saturated carbocycles. The monoisotopic (exact) mass is 429 g/mol. The van der Waals surface area contributed by atoms with Crippen molar-refractivity contribution in [3.8, 4) is 0 Å². The van der Waals surface area contributed by atoms with Crippen LogP contribution in [0.25, 0.3) is 0 Å². The van der Waals surface area contributed by atoms with Crippen molar-refractivity contribution in [3.63, 3.8) is 0 Å². The van der Waals surface area contributed by atoms with Crippen molar-refractivity contribution in [1.29, 1.82) is 0 Å². The highest BCUT2D eigenvalue weighted by Crippen LogP contribution is 2.45. The minimum absolute atomic E-state index is 0.220. The highest BCUT2D eigenvalue weighted by Gasteiger charge is 2.38. The molecule has 0 fully saturated rings. The predicted molar refractivity (Wildman–Crippen MR) is 132 cm³/mol. The Bertz CT molecular complexity index is 662. The van der Waals surface area contributed by atoms with Gasteiger partial charge in [-0.25, -0.2) is 0 Å². The summed E-state index contributed by atoms with van der Waals surface area (Å²) in [4.78, 5) is 30.3. The smallest absolute Gasteiger partial charge is 0.303 e. The van der Waals surface area contributed by atoms with Gasteiger partial charge in [-0.2, -0.15) is 0 Å².